The summed E-state index contributed by atoms with van der Waals surface area (Å²) in [6, 6.07) is 9.36. The molecule has 2 nitrogen and oxygen atoms in total. The lowest BCUT2D eigenvalue weighted by Crippen LogP contribution is -2.32. The second kappa shape index (κ2) is 8.62. The van der Waals surface area contributed by atoms with Crippen molar-refractivity contribution >= 4 is 11.8 Å². The summed E-state index contributed by atoms with van der Waals surface area (Å²) < 4.78 is 0. The second-order valence-corrected chi connectivity index (χ2v) is 6.40. The fraction of sp³-hybridized carbons (Fsp3) is 0.625. The third-order valence-corrected chi connectivity index (χ3v) is 4.43. The predicted molar refractivity (Wildman–Crippen MR) is 87.8 cm³/mol. The minimum Gasteiger partial charge on any atom is -0.324 e. The molecule has 2 atom stereocenters. The van der Waals surface area contributed by atoms with E-state index >= 15 is 0 Å². The lowest BCUT2D eigenvalue weighted by Gasteiger charge is -2.26. The lowest BCUT2D eigenvalue weighted by molar-refractivity contribution is 0.244. The second-order valence-electron chi connectivity index (χ2n) is 5.42. The van der Waals surface area contributed by atoms with Gasteiger partial charge in [-0.3, -0.25) is 0 Å². The Hall–Kier alpha value is -0.510. The molecule has 0 aliphatic heterocycles. The van der Waals surface area contributed by atoms with Gasteiger partial charge in [-0.15, -0.1) is 0 Å². The number of nitrogens with two attached hydrogens (primary N) is 1. The zero-order valence-corrected chi connectivity index (χ0v) is 13.5. The van der Waals surface area contributed by atoms with E-state index < -0.39 is 0 Å². The maximum atomic E-state index is 6.26. The van der Waals surface area contributed by atoms with Crippen LogP contribution < -0.4 is 5.73 Å². The van der Waals surface area contributed by atoms with Crippen LogP contribution in [0.2, 0.25) is 0 Å². The van der Waals surface area contributed by atoms with E-state index in [1.807, 2.05) is 11.8 Å². The van der Waals surface area contributed by atoms with Crippen LogP contribution in [-0.2, 0) is 0 Å². The van der Waals surface area contributed by atoms with Gasteiger partial charge in [0.05, 0.1) is 0 Å². The smallest absolute Gasteiger partial charge is 0.0307 e. The first-order chi connectivity index (χ1) is 9.04. The Balaban J connectivity index is 2.36. The van der Waals surface area contributed by atoms with Crippen molar-refractivity contribution in [2.75, 3.05) is 25.6 Å². The molecule has 3 heteroatoms. The molecule has 2 N–H and O–H groups in total. The van der Waals surface area contributed by atoms with Crippen molar-refractivity contribution in [3.8, 4) is 0 Å². The summed E-state index contributed by atoms with van der Waals surface area (Å²) in [5.41, 5.74) is 8.80. The quantitative estimate of drug-likeness (QED) is 0.791. The van der Waals surface area contributed by atoms with Crippen LogP contribution >= 0.6 is 11.8 Å². The maximum Gasteiger partial charge on any atom is 0.0307 e. The highest BCUT2D eigenvalue weighted by Gasteiger charge is 2.11. The van der Waals surface area contributed by atoms with E-state index in [0.717, 1.165) is 13.0 Å². The minimum absolute atomic E-state index is 0.149. The van der Waals surface area contributed by atoms with Crippen LogP contribution in [0.25, 0.3) is 0 Å². The molecule has 0 radical (unpaired) electrons. The van der Waals surface area contributed by atoms with Gasteiger partial charge < -0.3 is 10.6 Å². The summed E-state index contributed by atoms with van der Waals surface area (Å²) in [5, 5.41) is 0. The predicted octanol–water partition coefficient (Wildman–Crippen LogP) is 3.46. The molecule has 0 bridgehead atoms. The van der Waals surface area contributed by atoms with Crippen LogP contribution in [-0.4, -0.2) is 36.5 Å². The standard InChI is InChI=1S/C16H28N2S/c1-13-5-7-15(8-6-13)16(17)9-11-18(3)14(2)10-12-19-4/h5-8,14,16H,9-12,17H2,1-4H3. The first-order valence-electron chi connectivity index (χ1n) is 7.06. The molecule has 0 amide bonds. The molecule has 0 heterocycles. The average molecular weight is 280 g/mol. The van der Waals surface area contributed by atoms with Crippen molar-refractivity contribution in [3.05, 3.63) is 35.4 Å². The van der Waals surface area contributed by atoms with Crippen molar-refractivity contribution in [1.82, 2.24) is 4.90 Å². The first kappa shape index (κ1) is 16.5. The van der Waals surface area contributed by atoms with Gasteiger partial charge in [-0.05, 0) is 57.9 Å². The van der Waals surface area contributed by atoms with Crippen LogP contribution in [0.1, 0.15) is 36.9 Å². The van der Waals surface area contributed by atoms with Crippen LogP contribution in [0.5, 0.6) is 0 Å². The summed E-state index contributed by atoms with van der Waals surface area (Å²) in [5.74, 6) is 1.23. The van der Waals surface area contributed by atoms with E-state index in [1.54, 1.807) is 0 Å². The van der Waals surface area contributed by atoms with Crippen molar-refractivity contribution in [1.29, 1.82) is 0 Å². The number of hydrogen-bond donors (Lipinski definition) is 1. The Morgan fingerprint density at radius 2 is 1.84 bits per heavy atom. The van der Waals surface area contributed by atoms with Crippen LogP contribution in [0, 0.1) is 6.92 Å². The van der Waals surface area contributed by atoms with E-state index in [2.05, 4.69) is 56.3 Å². The van der Waals surface area contributed by atoms with Crippen molar-refractivity contribution in [2.45, 2.75) is 38.8 Å². The molecule has 0 aliphatic carbocycles. The zero-order valence-electron chi connectivity index (χ0n) is 12.7. The highest BCUT2D eigenvalue weighted by molar-refractivity contribution is 7.98. The summed E-state index contributed by atoms with van der Waals surface area (Å²) in [7, 11) is 2.20. The molecule has 0 aromatic heterocycles. The third-order valence-electron chi connectivity index (χ3n) is 3.79. The summed E-state index contributed by atoms with van der Waals surface area (Å²) in [6.45, 7) is 5.47. The Morgan fingerprint density at radius 1 is 1.21 bits per heavy atom. The fourth-order valence-corrected chi connectivity index (χ4v) is 2.63. The Kier molecular flexibility index (Phi) is 7.51. The zero-order chi connectivity index (χ0) is 14.3. The van der Waals surface area contributed by atoms with E-state index in [-0.39, 0.29) is 6.04 Å². The third kappa shape index (κ3) is 5.98. The van der Waals surface area contributed by atoms with Gasteiger partial charge in [-0.1, -0.05) is 29.8 Å². The number of thioether (sulfide) groups is 1. The SMILES string of the molecule is CSCCC(C)N(C)CCC(N)c1ccc(C)cc1. The molecule has 0 saturated carbocycles. The van der Waals surface area contributed by atoms with E-state index in [0.29, 0.717) is 6.04 Å². The van der Waals surface area contributed by atoms with Gasteiger partial charge in [0.25, 0.3) is 0 Å². The number of rotatable bonds is 8. The molecule has 108 valence electrons. The molecule has 0 fully saturated rings. The van der Waals surface area contributed by atoms with Crippen molar-refractivity contribution in [2.24, 2.45) is 5.73 Å². The molecule has 0 saturated heterocycles. The Morgan fingerprint density at radius 3 is 2.42 bits per heavy atom. The van der Waals surface area contributed by atoms with Gasteiger partial charge >= 0.3 is 0 Å². The number of hydrogen-bond acceptors (Lipinski definition) is 3. The summed E-state index contributed by atoms with van der Waals surface area (Å²) in [6.07, 6.45) is 4.43. The summed E-state index contributed by atoms with van der Waals surface area (Å²) in [4.78, 5) is 2.42. The van der Waals surface area contributed by atoms with Crippen LogP contribution in [0.3, 0.4) is 0 Å². The topological polar surface area (TPSA) is 29.3 Å². The van der Waals surface area contributed by atoms with E-state index in [9.17, 15) is 0 Å². The highest BCUT2D eigenvalue weighted by Crippen LogP contribution is 2.16. The number of nitrogens with zero attached hydrogens (tertiary/aromatic N) is 1. The van der Waals surface area contributed by atoms with Gasteiger partial charge in [0.1, 0.15) is 0 Å². The Bertz CT molecular complexity index is 350. The van der Waals surface area contributed by atoms with Crippen molar-refractivity contribution < 1.29 is 0 Å². The normalized spacial score (nSPS) is 14.6. The first-order valence-corrected chi connectivity index (χ1v) is 8.45. The molecular formula is C16H28N2S. The Labute approximate surface area is 122 Å². The van der Waals surface area contributed by atoms with Gasteiger partial charge in [-0.25, -0.2) is 0 Å². The fourth-order valence-electron chi connectivity index (χ4n) is 2.05. The van der Waals surface area contributed by atoms with E-state index in [1.165, 1.54) is 23.3 Å². The summed E-state index contributed by atoms with van der Waals surface area (Å²) >= 11 is 1.92. The largest absolute Gasteiger partial charge is 0.324 e. The van der Waals surface area contributed by atoms with Crippen LogP contribution in [0.15, 0.2) is 24.3 Å². The van der Waals surface area contributed by atoms with Crippen molar-refractivity contribution in [3.63, 3.8) is 0 Å². The maximum absolute atomic E-state index is 6.26. The number of benzene rings is 1. The molecule has 1 aromatic rings. The minimum atomic E-state index is 0.149. The molecule has 0 spiro atoms. The molecule has 0 aliphatic rings. The highest BCUT2D eigenvalue weighted by atomic mass is 32.2. The molecule has 1 rings (SSSR count). The molecule has 1 aromatic carbocycles. The average Bonchev–Trinajstić information content (AvgIpc) is 2.42. The van der Waals surface area contributed by atoms with Gasteiger partial charge in [0, 0.05) is 12.1 Å². The number of aryl methyl sites for hydroxylation is 1. The van der Waals surface area contributed by atoms with Gasteiger partial charge in [-0.2, -0.15) is 11.8 Å². The van der Waals surface area contributed by atoms with Gasteiger partial charge in [0.2, 0.25) is 0 Å². The lowest BCUT2D eigenvalue weighted by atomic mass is 10.0. The van der Waals surface area contributed by atoms with Gasteiger partial charge in [0.15, 0.2) is 0 Å². The molecular weight excluding hydrogens is 252 g/mol. The van der Waals surface area contributed by atoms with E-state index in [4.69, 9.17) is 5.73 Å². The molecule has 19 heavy (non-hydrogen) atoms. The van der Waals surface area contributed by atoms with Crippen LogP contribution in [0.4, 0.5) is 0 Å². The monoisotopic (exact) mass is 280 g/mol. The molecule has 2 unspecified atom stereocenters.